The molecular weight excluding hydrogens is 338 g/mol. The number of rotatable bonds is 6. The molecular formula is C19H23ClN3O2+. The van der Waals surface area contributed by atoms with Gasteiger partial charge in [0.15, 0.2) is 6.04 Å². The Morgan fingerprint density at radius 3 is 1.96 bits per heavy atom. The van der Waals surface area contributed by atoms with Gasteiger partial charge in [-0.25, -0.2) is 0 Å². The van der Waals surface area contributed by atoms with Crippen LogP contribution in [-0.4, -0.2) is 17.9 Å². The highest BCUT2D eigenvalue weighted by Crippen LogP contribution is 2.15. The summed E-state index contributed by atoms with van der Waals surface area (Å²) in [6, 6.07) is 14.6. The lowest BCUT2D eigenvalue weighted by Crippen LogP contribution is -2.91. The van der Waals surface area contributed by atoms with Crippen molar-refractivity contribution in [3.05, 3.63) is 59.1 Å². The Morgan fingerprint density at radius 2 is 1.44 bits per heavy atom. The maximum Gasteiger partial charge on any atom is 0.282 e. The Morgan fingerprint density at radius 1 is 0.920 bits per heavy atom. The molecule has 132 valence electrons. The molecule has 0 saturated carbocycles. The van der Waals surface area contributed by atoms with Crippen molar-refractivity contribution in [3.63, 3.8) is 0 Å². The fraction of sp³-hybridized carbons (Fsp3) is 0.263. The lowest BCUT2D eigenvalue weighted by atomic mass is 10.1. The van der Waals surface area contributed by atoms with Crippen molar-refractivity contribution >= 4 is 34.8 Å². The minimum Gasteiger partial charge on any atom is -0.330 e. The second kappa shape index (κ2) is 8.65. The Balaban J connectivity index is 1.91. The molecule has 0 aliphatic rings. The van der Waals surface area contributed by atoms with E-state index in [-0.39, 0.29) is 23.9 Å². The number of benzene rings is 2. The highest BCUT2D eigenvalue weighted by atomic mass is 35.5. The summed E-state index contributed by atoms with van der Waals surface area (Å²) in [4.78, 5) is 23.4. The Labute approximate surface area is 152 Å². The van der Waals surface area contributed by atoms with Crippen LogP contribution in [0.1, 0.15) is 32.4 Å². The van der Waals surface area contributed by atoms with E-state index in [0.29, 0.717) is 16.4 Å². The summed E-state index contributed by atoms with van der Waals surface area (Å²) in [5.74, 6) is -0.204. The van der Waals surface area contributed by atoms with Crippen LogP contribution in [0, 0.1) is 0 Å². The first-order valence-electron chi connectivity index (χ1n) is 8.14. The highest BCUT2D eigenvalue weighted by Gasteiger charge is 2.20. The van der Waals surface area contributed by atoms with Gasteiger partial charge >= 0.3 is 0 Å². The van der Waals surface area contributed by atoms with Crippen LogP contribution >= 0.6 is 11.6 Å². The molecule has 2 aromatic rings. The number of halogens is 1. The molecule has 0 fully saturated rings. The molecule has 2 aromatic carbocycles. The number of quaternary nitrogens is 1. The van der Waals surface area contributed by atoms with Crippen LogP contribution in [0.25, 0.3) is 0 Å². The summed E-state index contributed by atoms with van der Waals surface area (Å²) in [6.45, 7) is 5.37. The highest BCUT2D eigenvalue weighted by molar-refractivity contribution is 6.30. The van der Waals surface area contributed by atoms with Crippen LogP contribution in [0.3, 0.4) is 0 Å². The predicted molar refractivity (Wildman–Crippen MR) is 101 cm³/mol. The molecule has 0 bridgehead atoms. The lowest BCUT2D eigenvalue weighted by Gasteiger charge is -2.17. The van der Waals surface area contributed by atoms with Crippen molar-refractivity contribution < 1.29 is 14.9 Å². The van der Waals surface area contributed by atoms with Crippen molar-refractivity contribution in [1.82, 2.24) is 0 Å². The number of nitrogens with two attached hydrogens (primary N) is 1. The number of anilines is 2. The van der Waals surface area contributed by atoms with Gasteiger partial charge in [-0.15, -0.1) is 0 Å². The van der Waals surface area contributed by atoms with Gasteiger partial charge in [0.25, 0.3) is 5.91 Å². The second-order valence-electron chi connectivity index (χ2n) is 6.07. The zero-order valence-corrected chi connectivity index (χ0v) is 15.3. The van der Waals surface area contributed by atoms with Gasteiger partial charge < -0.3 is 16.0 Å². The van der Waals surface area contributed by atoms with Crippen LogP contribution in [0.2, 0.25) is 5.02 Å². The van der Waals surface area contributed by atoms with Crippen molar-refractivity contribution in [3.8, 4) is 0 Å². The van der Waals surface area contributed by atoms with E-state index in [1.165, 1.54) is 6.92 Å². The summed E-state index contributed by atoms with van der Waals surface area (Å²) >= 11 is 5.90. The first-order valence-corrected chi connectivity index (χ1v) is 8.52. The molecule has 2 atom stereocenters. The van der Waals surface area contributed by atoms with E-state index >= 15 is 0 Å². The summed E-state index contributed by atoms with van der Waals surface area (Å²) in [5.41, 5.74) is 2.50. The summed E-state index contributed by atoms with van der Waals surface area (Å²) in [6.07, 6.45) is 0. The van der Waals surface area contributed by atoms with E-state index in [1.54, 1.807) is 24.3 Å². The van der Waals surface area contributed by atoms with Crippen LogP contribution in [-0.2, 0) is 9.59 Å². The third-order valence-electron chi connectivity index (χ3n) is 3.86. The van der Waals surface area contributed by atoms with E-state index in [2.05, 4.69) is 17.6 Å². The zero-order chi connectivity index (χ0) is 18.4. The zero-order valence-electron chi connectivity index (χ0n) is 14.5. The van der Waals surface area contributed by atoms with Crippen molar-refractivity contribution in [2.45, 2.75) is 32.9 Å². The fourth-order valence-corrected chi connectivity index (χ4v) is 2.62. The molecule has 0 spiro atoms. The Hall–Kier alpha value is -2.37. The lowest BCUT2D eigenvalue weighted by molar-refractivity contribution is -0.709. The minimum absolute atomic E-state index is 0.0758. The molecule has 4 N–H and O–H groups in total. The van der Waals surface area contributed by atoms with Gasteiger partial charge in [-0.3, -0.25) is 9.59 Å². The van der Waals surface area contributed by atoms with Crippen LogP contribution < -0.4 is 16.0 Å². The molecule has 0 radical (unpaired) electrons. The number of carbonyl (C=O) groups excluding carboxylic acids is 2. The van der Waals surface area contributed by atoms with E-state index in [9.17, 15) is 9.59 Å². The first kappa shape index (κ1) is 19.0. The standard InChI is InChI=1S/C19H22ClN3O2/c1-12(15-4-6-16(20)7-5-15)21-13(2)19(25)23-18-10-8-17(9-11-18)22-14(3)24/h4-13,21H,1-3H3,(H,22,24)(H,23,25)/p+1/t12-,13+/m1/s1. The molecule has 6 heteroatoms. The molecule has 5 nitrogen and oxygen atoms in total. The summed E-state index contributed by atoms with van der Waals surface area (Å²) < 4.78 is 0. The van der Waals surface area contributed by atoms with Crippen molar-refractivity contribution in [1.29, 1.82) is 0 Å². The van der Waals surface area contributed by atoms with Gasteiger partial charge in [-0.1, -0.05) is 23.7 Å². The molecule has 0 aliphatic carbocycles. The van der Waals surface area contributed by atoms with Crippen LogP contribution in [0.15, 0.2) is 48.5 Å². The van der Waals surface area contributed by atoms with E-state index < -0.39 is 0 Å². The van der Waals surface area contributed by atoms with Gasteiger partial charge in [0.2, 0.25) is 5.91 Å². The Kier molecular flexibility index (Phi) is 6.56. The number of hydrogen-bond donors (Lipinski definition) is 3. The fourth-order valence-electron chi connectivity index (χ4n) is 2.49. The van der Waals surface area contributed by atoms with Gasteiger partial charge in [-0.2, -0.15) is 0 Å². The van der Waals surface area contributed by atoms with Crippen molar-refractivity contribution in [2.24, 2.45) is 0 Å². The minimum atomic E-state index is -0.249. The third kappa shape index (κ3) is 5.89. The van der Waals surface area contributed by atoms with Crippen molar-refractivity contribution in [2.75, 3.05) is 10.6 Å². The summed E-state index contributed by atoms with van der Waals surface area (Å²) in [5, 5.41) is 8.28. The first-order chi connectivity index (χ1) is 11.8. The van der Waals surface area contributed by atoms with Crippen LogP contribution in [0.4, 0.5) is 11.4 Å². The third-order valence-corrected chi connectivity index (χ3v) is 4.11. The molecule has 0 aromatic heterocycles. The molecule has 0 unspecified atom stereocenters. The van der Waals surface area contributed by atoms with Gasteiger partial charge in [-0.05, 0) is 50.2 Å². The number of carbonyl (C=O) groups is 2. The average Bonchev–Trinajstić information content (AvgIpc) is 2.56. The molecule has 0 saturated heterocycles. The van der Waals surface area contributed by atoms with Gasteiger partial charge in [0, 0.05) is 28.9 Å². The quantitative estimate of drug-likeness (QED) is 0.740. The van der Waals surface area contributed by atoms with E-state index in [1.807, 2.05) is 36.5 Å². The molecule has 2 amide bonds. The van der Waals surface area contributed by atoms with Gasteiger partial charge in [0.05, 0.1) is 0 Å². The molecule has 25 heavy (non-hydrogen) atoms. The predicted octanol–water partition coefficient (Wildman–Crippen LogP) is 2.95. The monoisotopic (exact) mass is 360 g/mol. The number of hydrogen-bond acceptors (Lipinski definition) is 2. The largest absolute Gasteiger partial charge is 0.330 e. The summed E-state index contributed by atoms with van der Waals surface area (Å²) in [7, 11) is 0. The normalized spacial score (nSPS) is 13.0. The SMILES string of the molecule is CC(=O)Nc1ccc(NC(=O)[C@H](C)[NH2+][C@H](C)c2ccc(Cl)cc2)cc1. The molecule has 2 rings (SSSR count). The van der Waals surface area contributed by atoms with Crippen LogP contribution in [0.5, 0.6) is 0 Å². The smallest absolute Gasteiger partial charge is 0.282 e. The maximum atomic E-state index is 12.4. The second-order valence-corrected chi connectivity index (χ2v) is 6.51. The topological polar surface area (TPSA) is 74.8 Å². The number of nitrogens with one attached hydrogen (secondary N) is 2. The number of amides is 2. The molecule has 0 aliphatic heterocycles. The Bertz CT molecular complexity index is 729. The average molecular weight is 361 g/mol. The van der Waals surface area contributed by atoms with E-state index in [0.717, 1.165) is 5.56 Å². The molecule has 0 heterocycles. The van der Waals surface area contributed by atoms with E-state index in [4.69, 9.17) is 11.6 Å². The van der Waals surface area contributed by atoms with Gasteiger partial charge in [0.1, 0.15) is 6.04 Å². The maximum absolute atomic E-state index is 12.4.